The van der Waals surface area contributed by atoms with Crippen molar-refractivity contribution in [3.05, 3.63) is 71.8 Å². The van der Waals surface area contributed by atoms with Crippen molar-refractivity contribution in [2.24, 2.45) is 23.7 Å². The molecule has 12 atom stereocenters. The molecule has 22 heteroatoms. The lowest BCUT2D eigenvalue weighted by Gasteiger charge is -2.33. The summed E-state index contributed by atoms with van der Waals surface area (Å²) in [5.74, 6) is -3.57. The molecule has 7 rings (SSSR count). The number of ether oxygens (including phenoxy) is 2. The third-order valence-electron chi connectivity index (χ3n) is 17.7. The molecule has 452 valence electrons. The van der Waals surface area contributed by atoms with Crippen LogP contribution in [-0.2, 0) is 47.8 Å². The largest absolute Gasteiger partial charge is 0.396 e. The molecule has 4 saturated heterocycles. The van der Waals surface area contributed by atoms with Crippen LogP contribution in [0.25, 0.3) is 0 Å². The summed E-state index contributed by atoms with van der Waals surface area (Å²) in [5, 5.41) is 43.9. The Labute approximate surface area is 482 Å². The maximum Gasteiger partial charge on any atom is 0.247 e. The molecule has 1 saturated carbocycles. The Hall–Kier alpha value is -6.04. The molecule has 22 nitrogen and oxygen atoms in total. The van der Waals surface area contributed by atoms with Gasteiger partial charge in [0.2, 0.25) is 47.3 Å². The number of rotatable bonds is 28. The number of carbonyl (C=O) groups is 8. The van der Waals surface area contributed by atoms with E-state index >= 15 is 0 Å². The first-order valence-electron chi connectivity index (χ1n) is 30.0. The fraction of sp³-hybridized carbons (Fsp3) is 0.667. The number of nitrogens with one attached hydrogen (secondary N) is 8. The Morgan fingerprint density at radius 1 is 0.524 bits per heavy atom. The van der Waals surface area contributed by atoms with Crippen molar-refractivity contribution in [2.45, 2.75) is 164 Å². The molecule has 0 radical (unpaired) electrons. The zero-order valence-corrected chi connectivity index (χ0v) is 48.3. The Balaban J connectivity index is 0.821. The van der Waals surface area contributed by atoms with Crippen LogP contribution in [0.1, 0.15) is 127 Å². The summed E-state index contributed by atoms with van der Waals surface area (Å²) in [5.41, 5.74) is 1.16. The Kier molecular flexibility index (Phi) is 24.5. The number of aliphatic hydroxyl groups is 2. The van der Waals surface area contributed by atoms with E-state index in [1.165, 1.54) is 0 Å². The van der Waals surface area contributed by atoms with Crippen molar-refractivity contribution in [1.29, 1.82) is 0 Å². The molecule has 0 bridgehead atoms. The Morgan fingerprint density at radius 2 is 0.890 bits per heavy atom. The molecule has 2 aromatic rings. The van der Waals surface area contributed by atoms with Gasteiger partial charge in [-0.05, 0) is 127 Å². The third kappa shape index (κ3) is 16.2. The van der Waals surface area contributed by atoms with Gasteiger partial charge < -0.3 is 72.0 Å². The predicted octanol–water partition coefficient (Wildman–Crippen LogP) is 1.26. The molecule has 1 aliphatic carbocycles. The lowest BCUT2D eigenvalue weighted by atomic mass is 9.83. The van der Waals surface area contributed by atoms with Gasteiger partial charge in [-0.3, -0.25) is 38.4 Å². The fourth-order valence-electron chi connectivity index (χ4n) is 12.8. The number of nitrogens with zero attached hydrogens (tertiary/aromatic N) is 2. The van der Waals surface area contributed by atoms with Gasteiger partial charge in [0.15, 0.2) is 0 Å². The van der Waals surface area contributed by atoms with Crippen LogP contribution in [0, 0.1) is 23.7 Å². The SMILES string of the molecule is CC[C@H](NC)C(=O)N[C@@H]1C(=O)N2[C@@H](CC[C@@H]1CO)CC[C@H]2C(=O)N[C@H](C(=O)NCCOCC1CCC(COCCNC(=O)[C@@H](NC(=O)[C@@H]2CC[C@@H]3CC[C@H](CO)[C@H](NC(=O)[C@H](CC)NC)C(=O)N32)c2ccccc2)CC1)c1ccccc1. The lowest BCUT2D eigenvalue weighted by molar-refractivity contribution is -0.144. The van der Waals surface area contributed by atoms with Crippen LogP contribution in [0.5, 0.6) is 0 Å². The number of carbonyl (C=O) groups excluding carboxylic acids is 8. The molecule has 4 heterocycles. The van der Waals surface area contributed by atoms with Gasteiger partial charge in [0.1, 0.15) is 36.3 Å². The number of benzene rings is 2. The first kappa shape index (κ1) is 63.5. The number of aliphatic hydroxyl groups excluding tert-OH is 2. The summed E-state index contributed by atoms with van der Waals surface area (Å²) in [6.07, 6.45) is 8.93. The van der Waals surface area contributed by atoms with Gasteiger partial charge in [0, 0.05) is 63.4 Å². The maximum atomic E-state index is 14.2. The second kappa shape index (κ2) is 31.6. The van der Waals surface area contributed by atoms with Crippen LogP contribution in [0.4, 0.5) is 0 Å². The van der Waals surface area contributed by atoms with E-state index in [-0.39, 0.29) is 63.4 Å². The molecule has 4 aliphatic heterocycles. The highest BCUT2D eigenvalue weighted by Crippen LogP contribution is 2.36. The predicted molar refractivity (Wildman–Crippen MR) is 305 cm³/mol. The first-order valence-corrected chi connectivity index (χ1v) is 30.0. The quantitative estimate of drug-likeness (QED) is 0.0538. The summed E-state index contributed by atoms with van der Waals surface area (Å²) in [4.78, 5) is 114. The van der Waals surface area contributed by atoms with Crippen molar-refractivity contribution in [1.82, 2.24) is 52.3 Å². The van der Waals surface area contributed by atoms with Crippen molar-refractivity contribution >= 4 is 47.3 Å². The molecule has 10 N–H and O–H groups in total. The van der Waals surface area contributed by atoms with E-state index in [0.29, 0.717) is 100 Å². The third-order valence-corrected chi connectivity index (χ3v) is 17.7. The Morgan fingerprint density at radius 3 is 1.23 bits per heavy atom. The number of likely N-dealkylation sites (N-methyl/N-ethyl adjacent to an activating group) is 2. The van der Waals surface area contributed by atoms with E-state index in [0.717, 1.165) is 25.7 Å². The van der Waals surface area contributed by atoms with Crippen LogP contribution in [0.3, 0.4) is 0 Å². The zero-order chi connectivity index (χ0) is 58.7. The summed E-state index contributed by atoms with van der Waals surface area (Å²) in [6.45, 7) is 5.18. The van der Waals surface area contributed by atoms with Crippen molar-refractivity contribution < 1.29 is 58.0 Å². The zero-order valence-electron chi connectivity index (χ0n) is 48.3. The van der Waals surface area contributed by atoms with Crippen molar-refractivity contribution in [3.8, 4) is 0 Å². The second-order valence-corrected chi connectivity index (χ2v) is 22.8. The smallest absolute Gasteiger partial charge is 0.247 e. The molecule has 8 amide bonds. The van der Waals surface area contributed by atoms with Crippen LogP contribution in [0.2, 0.25) is 0 Å². The fourth-order valence-corrected chi connectivity index (χ4v) is 12.8. The van der Waals surface area contributed by atoms with E-state index in [9.17, 15) is 48.6 Å². The molecular formula is C60H90N10O12. The van der Waals surface area contributed by atoms with E-state index in [1.807, 2.05) is 26.0 Å². The molecule has 2 aromatic carbocycles. The van der Waals surface area contributed by atoms with Gasteiger partial charge >= 0.3 is 0 Å². The van der Waals surface area contributed by atoms with E-state index in [1.54, 1.807) is 72.4 Å². The highest BCUT2D eigenvalue weighted by molar-refractivity contribution is 5.97. The van der Waals surface area contributed by atoms with Gasteiger partial charge in [0.05, 0.1) is 25.3 Å². The van der Waals surface area contributed by atoms with Crippen LogP contribution in [0.15, 0.2) is 60.7 Å². The van der Waals surface area contributed by atoms with E-state index in [2.05, 4.69) is 42.5 Å². The van der Waals surface area contributed by atoms with E-state index < -0.39 is 95.6 Å². The minimum absolute atomic E-state index is 0.216. The second-order valence-electron chi connectivity index (χ2n) is 22.8. The highest BCUT2D eigenvalue weighted by Gasteiger charge is 2.50. The van der Waals surface area contributed by atoms with Crippen LogP contribution >= 0.6 is 0 Å². The molecule has 5 fully saturated rings. The molecule has 0 aromatic heterocycles. The lowest BCUT2D eigenvalue weighted by Crippen LogP contribution is -2.59. The van der Waals surface area contributed by atoms with Gasteiger partial charge in [-0.1, -0.05) is 74.5 Å². The minimum Gasteiger partial charge on any atom is -0.396 e. The standard InChI is InChI=1S/C60H90N10O12/c1-5-45(61-3)53(73)67-51-41(33-71)21-23-43-25-27-47(69(43)59(51)79)55(75)65-49(39-13-9-7-10-14-39)57(77)63-29-31-81-35-37-17-19-38(20-18-37)36-82-32-30-64-58(78)50(40-15-11-8-12-16-40)66-56(76)48-28-26-44-24-22-42(34-72)52(60(80)70(44)48)68-54(74)46(6-2)62-4/h7-16,37-38,41-52,61-62,71-72H,5-6,17-36H2,1-4H3,(H,63,77)(H,64,78)(H,65,75)(H,66,76)(H,67,73)(H,68,74)/t37?,38?,41-,42-,43+,44+,45+,46+,47+,48+,49+,50+,51+,52+/m1/s1. The first-order chi connectivity index (χ1) is 39.7. The van der Waals surface area contributed by atoms with Gasteiger partial charge in [-0.2, -0.15) is 0 Å². The summed E-state index contributed by atoms with van der Waals surface area (Å²) in [7, 11) is 3.34. The average Bonchev–Trinajstić information content (AvgIpc) is 3.90. The summed E-state index contributed by atoms with van der Waals surface area (Å²) in [6, 6.07) is 10.6. The molecular weight excluding hydrogens is 1050 g/mol. The normalized spacial score (nSPS) is 26.9. The number of hydrogen-bond donors (Lipinski definition) is 10. The molecule has 5 aliphatic rings. The van der Waals surface area contributed by atoms with Gasteiger partial charge in [-0.25, -0.2) is 0 Å². The van der Waals surface area contributed by atoms with Gasteiger partial charge in [0.25, 0.3) is 0 Å². The topological polar surface area (TPSA) is 298 Å². The summed E-state index contributed by atoms with van der Waals surface area (Å²) >= 11 is 0. The van der Waals surface area contributed by atoms with Crippen LogP contribution < -0.4 is 42.5 Å². The number of fused-ring (bicyclic) bond motifs is 2. The minimum atomic E-state index is -1.04. The van der Waals surface area contributed by atoms with Gasteiger partial charge in [-0.15, -0.1) is 0 Å². The molecule has 0 spiro atoms. The Bertz CT molecular complexity index is 2260. The molecule has 0 unspecified atom stereocenters. The van der Waals surface area contributed by atoms with Crippen molar-refractivity contribution in [3.63, 3.8) is 0 Å². The average molecular weight is 1140 g/mol. The summed E-state index contributed by atoms with van der Waals surface area (Å²) < 4.78 is 12.1. The monoisotopic (exact) mass is 1140 g/mol. The molecule has 82 heavy (non-hydrogen) atoms. The maximum absolute atomic E-state index is 14.2. The highest BCUT2D eigenvalue weighted by atomic mass is 16.5. The van der Waals surface area contributed by atoms with E-state index in [4.69, 9.17) is 9.47 Å². The van der Waals surface area contributed by atoms with Crippen LogP contribution in [-0.4, -0.2) is 182 Å². The number of amides is 8. The van der Waals surface area contributed by atoms with Crippen molar-refractivity contribution in [2.75, 3.05) is 66.8 Å². The number of hydrogen-bond acceptors (Lipinski definition) is 14.